The molecule has 3 N–H and O–H groups in total. The van der Waals surface area contributed by atoms with E-state index < -0.39 is 6.04 Å². The van der Waals surface area contributed by atoms with Crippen LogP contribution in [-0.2, 0) is 11.2 Å². The zero-order chi connectivity index (χ0) is 9.68. The molecule has 0 saturated heterocycles. The Bertz CT molecular complexity index is 251. The Morgan fingerprint density at radius 2 is 2.46 bits per heavy atom. The van der Waals surface area contributed by atoms with Gasteiger partial charge in [0.25, 0.3) is 0 Å². The fourth-order valence-electron chi connectivity index (χ4n) is 0.791. The summed E-state index contributed by atoms with van der Waals surface area (Å²) in [6, 6.07) is -0.594. The van der Waals surface area contributed by atoms with Crippen molar-refractivity contribution in [1.82, 2.24) is 10.1 Å². The van der Waals surface area contributed by atoms with Gasteiger partial charge in [0.15, 0.2) is 5.82 Å². The molecule has 1 heterocycles. The van der Waals surface area contributed by atoms with Crippen LogP contribution in [0, 0.1) is 0 Å². The van der Waals surface area contributed by atoms with Crippen molar-refractivity contribution in [2.45, 2.75) is 12.5 Å². The van der Waals surface area contributed by atoms with E-state index in [1.807, 2.05) is 0 Å². The molecule has 1 aromatic rings. The molecule has 13 heavy (non-hydrogen) atoms. The van der Waals surface area contributed by atoms with Crippen molar-refractivity contribution < 1.29 is 14.4 Å². The van der Waals surface area contributed by atoms with E-state index in [1.54, 1.807) is 7.11 Å². The first-order chi connectivity index (χ1) is 6.27. The van der Waals surface area contributed by atoms with E-state index >= 15 is 0 Å². The summed E-state index contributed by atoms with van der Waals surface area (Å²) in [7, 11) is 1.60. The van der Waals surface area contributed by atoms with E-state index in [2.05, 4.69) is 10.1 Å². The van der Waals surface area contributed by atoms with E-state index in [0.717, 1.165) is 0 Å². The Kier molecular flexibility index (Phi) is 3.81. The number of rotatable bonds is 5. The molecule has 6 heteroatoms. The highest BCUT2D eigenvalue weighted by Gasteiger charge is 2.12. The highest BCUT2D eigenvalue weighted by molar-refractivity contribution is 4.91. The lowest BCUT2D eigenvalue weighted by atomic mass is 10.3. The lowest BCUT2D eigenvalue weighted by molar-refractivity contribution is 0.199. The maximum Gasteiger partial charge on any atom is 0.245 e. The number of ether oxygens (including phenoxy) is 1. The van der Waals surface area contributed by atoms with Crippen LogP contribution in [0.2, 0.25) is 0 Å². The van der Waals surface area contributed by atoms with E-state index in [-0.39, 0.29) is 12.5 Å². The molecular formula is C7H13N3O3. The third-order valence-corrected chi connectivity index (χ3v) is 1.53. The second kappa shape index (κ2) is 4.90. The van der Waals surface area contributed by atoms with Gasteiger partial charge >= 0.3 is 0 Å². The van der Waals surface area contributed by atoms with Crippen LogP contribution in [0.15, 0.2) is 4.52 Å². The average molecular weight is 187 g/mol. The van der Waals surface area contributed by atoms with Crippen LogP contribution in [0.25, 0.3) is 0 Å². The molecule has 0 fully saturated rings. The van der Waals surface area contributed by atoms with Crippen molar-refractivity contribution >= 4 is 0 Å². The Morgan fingerprint density at radius 1 is 1.69 bits per heavy atom. The minimum atomic E-state index is -0.594. The third-order valence-electron chi connectivity index (χ3n) is 1.53. The van der Waals surface area contributed by atoms with E-state index in [4.69, 9.17) is 20.1 Å². The van der Waals surface area contributed by atoms with Crippen molar-refractivity contribution in [3.63, 3.8) is 0 Å². The Balaban J connectivity index is 2.53. The van der Waals surface area contributed by atoms with Gasteiger partial charge in [-0.05, 0) is 0 Å². The van der Waals surface area contributed by atoms with E-state index in [1.165, 1.54) is 0 Å². The Labute approximate surface area is 75.7 Å². The van der Waals surface area contributed by atoms with Gasteiger partial charge in [-0.2, -0.15) is 4.98 Å². The molecule has 0 unspecified atom stereocenters. The first kappa shape index (κ1) is 10.1. The molecule has 74 valence electrons. The van der Waals surface area contributed by atoms with Crippen LogP contribution in [0.5, 0.6) is 0 Å². The molecule has 0 radical (unpaired) electrons. The standard InChI is InChI=1S/C7H13N3O3/c1-12-3-2-6-9-7(13-10-6)5(8)4-11/h5,11H,2-4,8H2,1H3/t5-/m1/s1. The molecule has 1 aromatic heterocycles. The summed E-state index contributed by atoms with van der Waals surface area (Å²) in [5, 5.41) is 12.4. The zero-order valence-corrected chi connectivity index (χ0v) is 7.43. The second-order valence-corrected chi connectivity index (χ2v) is 2.58. The molecule has 1 atom stereocenters. The number of aliphatic hydroxyl groups excluding tert-OH is 1. The maximum absolute atomic E-state index is 8.70. The summed E-state index contributed by atoms with van der Waals surface area (Å²) in [4.78, 5) is 3.98. The van der Waals surface area contributed by atoms with Gasteiger partial charge in [-0.3, -0.25) is 0 Å². The van der Waals surface area contributed by atoms with Gasteiger partial charge in [0.05, 0.1) is 13.2 Å². The van der Waals surface area contributed by atoms with Gasteiger partial charge in [0, 0.05) is 13.5 Å². The highest BCUT2D eigenvalue weighted by atomic mass is 16.5. The Hall–Kier alpha value is -0.980. The molecule has 0 aliphatic rings. The van der Waals surface area contributed by atoms with Crippen molar-refractivity contribution in [3.05, 3.63) is 11.7 Å². The first-order valence-electron chi connectivity index (χ1n) is 3.95. The molecule has 6 nitrogen and oxygen atoms in total. The van der Waals surface area contributed by atoms with Gasteiger partial charge < -0.3 is 20.1 Å². The molecule has 0 aliphatic heterocycles. The van der Waals surface area contributed by atoms with Gasteiger partial charge in [-0.1, -0.05) is 5.16 Å². The summed E-state index contributed by atoms with van der Waals surface area (Å²) >= 11 is 0. The summed E-state index contributed by atoms with van der Waals surface area (Å²) in [6.07, 6.45) is 0.581. The average Bonchev–Trinajstić information content (AvgIpc) is 2.62. The highest BCUT2D eigenvalue weighted by Crippen LogP contribution is 2.06. The fraction of sp³-hybridized carbons (Fsp3) is 0.714. The molecule has 1 rings (SSSR count). The summed E-state index contributed by atoms with van der Waals surface area (Å²) in [5.41, 5.74) is 5.46. The number of aromatic nitrogens is 2. The lowest BCUT2D eigenvalue weighted by Gasteiger charge is -1.98. The van der Waals surface area contributed by atoms with Gasteiger partial charge in [0.1, 0.15) is 6.04 Å². The number of hydrogen-bond donors (Lipinski definition) is 2. The van der Waals surface area contributed by atoms with Crippen LogP contribution < -0.4 is 5.73 Å². The molecule has 0 amide bonds. The second-order valence-electron chi connectivity index (χ2n) is 2.58. The summed E-state index contributed by atoms with van der Waals surface area (Å²) in [5.74, 6) is 0.800. The minimum Gasteiger partial charge on any atom is -0.394 e. The Morgan fingerprint density at radius 3 is 3.08 bits per heavy atom. The molecule has 0 bridgehead atoms. The molecule has 0 saturated carbocycles. The van der Waals surface area contributed by atoms with Crippen molar-refractivity contribution in [3.8, 4) is 0 Å². The van der Waals surface area contributed by atoms with Crippen molar-refractivity contribution in [2.24, 2.45) is 5.73 Å². The fourth-order valence-corrected chi connectivity index (χ4v) is 0.791. The van der Waals surface area contributed by atoms with Crippen LogP contribution in [0.1, 0.15) is 17.8 Å². The monoisotopic (exact) mass is 187 g/mol. The van der Waals surface area contributed by atoms with E-state index in [0.29, 0.717) is 18.9 Å². The van der Waals surface area contributed by atoms with E-state index in [9.17, 15) is 0 Å². The molecule has 0 spiro atoms. The normalized spacial score (nSPS) is 13.2. The first-order valence-corrected chi connectivity index (χ1v) is 3.95. The smallest absolute Gasteiger partial charge is 0.245 e. The van der Waals surface area contributed by atoms with Crippen molar-refractivity contribution in [2.75, 3.05) is 20.3 Å². The summed E-state index contributed by atoms with van der Waals surface area (Å²) < 4.78 is 9.65. The number of nitrogens with zero attached hydrogens (tertiary/aromatic N) is 2. The van der Waals surface area contributed by atoms with Crippen molar-refractivity contribution in [1.29, 1.82) is 0 Å². The molecule has 0 aromatic carbocycles. The minimum absolute atomic E-state index is 0.202. The quantitative estimate of drug-likeness (QED) is 0.629. The number of aliphatic hydroxyl groups is 1. The molecule has 0 aliphatic carbocycles. The van der Waals surface area contributed by atoms with Gasteiger partial charge in [-0.15, -0.1) is 0 Å². The SMILES string of the molecule is COCCc1noc([C@H](N)CO)n1. The van der Waals surface area contributed by atoms with Crippen LogP contribution in [0.3, 0.4) is 0 Å². The third kappa shape index (κ3) is 2.76. The van der Waals surface area contributed by atoms with Crippen LogP contribution in [-0.4, -0.2) is 35.6 Å². The number of methoxy groups -OCH3 is 1. The lowest BCUT2D eigenvalue weighted by Crippen LogP contribution is -2.14. The maximum atomic E-state index is 8.70. The largest absolute Gasteiger partial charge is 0.394 e. The molecular weight excluding hydrogens is 174 g/mol. The van der Waals surface area contributed by atoms with Crippen LogP contribution in [0.4, 0.5) is 0 Å². The zero-order valence-electron chi connectivity index (χ0n) is 7.43. The van der Waals surface area contributed by atoms with Gasteiger partial charge in [0.2, 0.25) is 5.89 Å². The predicted molar refractivity (Wildman–Crippen MR) is 43.9 cm³/mol. The topological polar surface area (TPSA) is 94.4 Å². The summed E-state index contributed by atoms with van der Waals surface area (Å²) in [6.45, 7) is 0.333. The van der Waals surface area contributed by atoms with Crippen LogP contribution >= 0.6 is 0 Å². The number of hydrogen-bond acceptors (Lipinski definition) is 6. The van der Waals surface area contributed by atoms with Gasteiger partial charge in [-0.25, -0.2) is 0 Å². The predicted octanol–water partition coefficient (Wildman–Crippen LogP) is -0.749. The number of nitrogens with two attached hydrogens (primary N) is 1.